The Morgan fingerprint density at radius 3 is 2.33 bits per heavy atom. The first kappa shape index (κ1) is 25.8. The molecular weight excluding hydrogens is 504 g/mol. The van der Waals surface area contributed by atoms with Gasteiger partial charge < -0.3 is 38.3 Å². The van der Waals surface area contributed by atoms with Crippen LogP contribution in [0.15, 0.2) is 59.1 Å². The van der Waals surface area contributed by atoms with E-state index in [-0.39, 0.29) is 12.6 Å². The molecule has 5 rings (SSSR count). The molecule has 10 heteroatoms. The first-order valence-electron chi connectivity index (χ1n) is 12.2. The molecule has 202 valence electrons. The molecule has 1 aliphatic heterocycles. The number of carbonyl (C=O) groups is 1. The van der Waals surface area contributed by atoms with Gasteiger partial charge in [-0.1, -0.05) is 41.6 Å². The number of aromatic nitrogens is 1. The normalized spacial score (nSPS) is 11.7. The molecular formula is C29H28N2O8. The van der Waals surface area contributed by atoms with E-state index in [1.54, 1.807) is 20.3 Å². The van der Waals surface area contributed by atoms with Gasteiger partial charge in [0.1, 0.15) is 5.69 Å². The molecule has 0 bridgehead atoms. The smallest absolute Gasteiger partial charge is 0.290 e. The molecule has 39 heavy (non-hydrogen) atoms. The van der Waals surface area contributed by atoms with E-state index in [9.17, 15) is 4.79 Å². The summed E-state index contributed by atoms with van der Waals surface area (Å²) >= 11 is 0. The van der Waals surface area contributed by atoms with E-state index >= 15 is 0 Å². The zero-order valence-corrected chi connectivity index (χ0v) is 22.0. The molecule has 0 spiro atoms. The average molecular weight is 533 g/mol. The van der Waals surface area contributed by atoms with Crippen LogP contribution in [0.2, 0.25) is 0 Å². The molecule has 0 saturated carbocycles. The highest BCUT2D eigenvalue weighted by molar-refractivity contribution is 6.03. The van der Waals surface area contributed by atoms with Crippen molar-refractivity contribution in [2.45, 2.75) is 6.42 Å². The number of hydrogen-bond acceptors (Lipinski definition) is 9. The maximum atomic E-state index is 13.5. The lowest BCUT2D eigenvalue weighted by Gasteiger charge is -2.15. The number of methoxy groups -OCH3 is 4. The molecule has 0 aliphatic carbocycles. The second-order valence-corrected chi connectivity index (χ2v) is 8.52. The predicted octanol–water partition coefficient (Wildman–Crippen LogP) is 4.74. The van der Waals surface area contributed by atoms with E-state index in [1.165, 1.54) is 14.2 Å². The van der Waals surface area contributed by atoms with Crippen molar-refractivity contribution in [1.29, 1.82) is 0 Å². The Kier molecular flexibility index (Phi) is 7.44. The van der Waals surface area contributed by atoms with Gasteiger partial charge in [0, 0.05) is 17.7 Å². The summed E-state index contributed by atoms with van der Waals surface area (Å²) in [4.78, 5) is 13.5. The van der Waals surface area contributed by atoms with E-state index in [0.717, 1.165) is 11.1 Å². The topological polar surface area (TPSA) is 111 Å². The molecule has 0 radical (unpaired) electrons. The highest BCUT2D eigenvalue weighted by Gasteiger charge is 2.33. The first-order valence-corrected chi connectivity index (χ1v) is 12.2. The third kappa shape index (κ3) is 4.88. The summed E-state index contributed by atoms with van der Waals surface area (Å²) in [6.45, 7) is 0.362. The molecule has 0 fully saturated rings. The maximum Gasteiger partial charge on any atom is 0.290 e. The Hall–Kier alpha value is -4.86. The molecule has 0 atom stereocenters. The fraction of sp³-hybridized carbons (Fsp3) is 0.241. The van der Waals surface area contributed by atoms with Crippen molar-refractivity contribution >= 4 is 5.91 Å². The number of nitrogens with one attached hydrogen (secondary N) is 1. The minimum Gasteiger partial charge on any atom is -0.493 e. The van der Waals surface area contributed by atoms with Crippen molar-refractivity contribution in [2.75, 3.05) is 41.8 Å². The lowest BCUT2D eigenvalue weighted by Crippen LogP contribution is -2.25. The van der Waals surface area contributed by atoms with E-state index in [2.05, 4.69) is 10.5 Å². The molecule has 3 aromatic carbocycles. The molecule has 2 heterocycles. The molecule has 1 aromatic heterocycles. The maximum absolute atomic E-state index is 13.5. The summed E-state index contributed by atoms with van der Waals surface area (Å²) in [5, 5.41) is 7.22. The van der Waals surface area contributed by atoms with E-state index in [0.29, 0.717) is 64.3 Å². The minimum atomic E-state index is -0.432. The zero-order chi connectivity index (χ0) is 27.4. The monoisotopic (exact) mass is 532 g/mol. The minimum absolute atomic E-state index is 0.0180. The average Bonchev–Trinajstić information content (AvgIpc) is 3.65. The van der Waals surface area contributed by atoms with Crippen molar-refractivity contribution in [3.05, 3.63) is 65.9 Å². The van der Waals surface area contributed by atoms with Crippen LogP contribution in [0.5, 0.6) is 34.5 Å². The third-order valence-corrected chi connectivity index (χ3v) is 6.35. The Balaban J connectivity index is 1.51. The number of hydrogen-bond donors (Lipinski definition) is 1. The number of fused-ring (bicyclic) bond motifs is 1. The van der Waals surface area contributed by atoms with Crippen LogP contribution in [-0.4, -0.2) is 52.8 Å². The number of rotatable bonds is 10. The van der Waals surface area contributed by atoms with E-state index in [1.807, 2.05) is 48.5 Å². The van der Waals surface area contributed by atoms with Gasteiger partial charge in [-0.2, -0.15) is 0 Å². The molecule has 1 N–H and O–H groups in total. The zero-order valence-electron chi connectivity index (χ0n) is 22.0. The van der Waals surface area contributed by atoms with Gasteiger partial charge in [0.2, 0.25) is 24.1 Å². The van der Waals surface area contributed by atoms with Crippen LogP contribution in [0.3, 0.4) is 0 Å². The quantitative estimate of drug-likeness (QED) is 0.309. The molecule has 0 unspecified atom stereocenters. The summed E-state index contributed by atoms with van der Waals surface area (Å²) in [5.74, 6) is 2.47. The summed E-state index contributed by atoms with van der Waals surface area (Å²) in [6.07, 6.45) is 0.558. The van der Waals surface area contributed by atoms with Gasteiger partial charge in [0.05, 0.1) is 34.0 Å². The number of carbonyl (C=O) groups excluding carboxylic acids is 1. The first-order chi connectivity index (χ1) is 19.1. The SMILES string of the molecule is COc1ccc(CCNC(=O)c2onc(-c3ccccc3)c2-c2cc(OC)c3c(c2OC)OCO3)cc1OC. The van der Waals surface area contributed by atoms with Crippen LogP contribution in [0.1, 0.15) is 16.1 Å². The van der Waals surface area contributed by atoms with Gasteiger partial charge in [-0.25, -0.2) is 0 Å². The van der Waals surface area contributed by atoms with Gasteiger partial charge >= 0.3 is 0 Å². The third-order valence-electron chi connectivity index (χ3n) is 6.35. The van der Waals surface area contributed by atoms with Crippen molar-refractivity contribution in [3.63, 3.8) is 0 Å². The lowest BCUT2D eigenvalue weighted by molar-refractivity contribution is 0.0918. The molecule has 1 aliphatic rings. The number of benzene rings is 3. The highest BCUT2D eigenvalue weighted by atomic mass is 16.7. The predicted molar refractivity (Wildman–Crippen MR) is 142 cm³/mol. The largest absolute Gasteiger partial charge is 0.493 e. The fourth-order valence-electron chi connectivity index (χ4n) is 4.48. The highest BCUT2D eigenvalue weighted by Crippen LogP contribution is 2.54. The molecule has 0 saturated heterocycles. The van der Waals surface area contributed by atoms with Crippen molar-refractivity contribution in [2.24, 2.45) is 0 Å². The fourth-order valence-corrected chi connectivity index (χ4v) is 4.48. The summed E-state index contributed by atoms with van der Waals surface area (Å²) in [5.41, 5.74) is 3.17. The van der Waals surface area contributed by atoms with Crippen molar-refractivity contribution in [1.82, 2.24) is 10.5 Å². The van der Waals surface area contributed by atoms with Gasteiger partial charge in [-0.15, -0.1) is 0 Å². The van der Waals surface area contributed by atoms with Crippen molar-refractivity contribution in [3.8, 4) is 56.9 Å². The van der Waals surface area contributed by atoms with Gasteiger partial charge in [0.25, 0.3) is 5.91 Å². The van der Waals surface area contributed by atoms with Crippen LogP contribution >= 0.6 is 0 Å². The van der Waals surface area contributed by atoms with E-state index < -0.39 is 5.91 Å². The molecule has 10 nitrogen and oxygen atoms in total. The lowest BCUT2D eigenvalue weighted by atomic mass is 9.97. The second-order valence-electron chi connectivity index (χ2n) is 8.52. The second kappa shape index (κ2) is 11.3. The summed E-state index contributed by atoms with van der Waals surface area (Å²) < 4.78 is 38.9. The Bertz CT molecular complexity index is 1480. The number of nitrogens with zero attached hydrogens (tertiary/aromatic N) is 1. The van der Waals surface area contributed by atoms with E-state index in [4.69, 9.17) is 32.9 Å². The van der Waals surface area contributed by atoms with Crippen LogP contribution in [0.25, 0.3) is 22.4 Å². The van der Waals surface area contributed by atoms with Crippen molar-refractivity contribution < 1.29 is 37.7 Å². The van der Waals surface area contributed by atoms with Crippen LogP contribution in [-0.2, 0) is 6.42 Å². The standard InChI is InChI=1S/C29H28N2O8/c1-33-20-11-10-17(14-21(20)34-2)12-13-30-29(32)27-23(24(31-39-27)18-8-6-5-7-9-18)19-15-22(35-3)26-28(25(19)36-4)38-16-37-26/h5-11,14-15H,12-13,16H2,1-4H3,(H,30,32). The molecule has 1 amide bonds. The Morgan fingerprint density at radius 2 is 1.62 bits per heavy atom. The Morgan fingerprint density at radius 1 is 0.872 bits per heavy atom. The summed E-state index contributed by atoms with van der Waals surface area (Å²) in [7, 11) is 6.21. The van der Waals surface area contributed by atoms with Gasteiger partial charge in [0.15, 0.2) is 23.0 Å². The van der Waals surface area contributed by atoms with Crippen LogP contribution in [0, 0.1) is 0 Å². The molecule has 4 aromatic rings. The van der Waals surface area contributed by atoms with Crippen LogP contribution in [0.4, 0.5) is 0 Å². The Labute approximate surface area is 225 Å². The van der Waals surface area contributed by atoms with Gasteiger partial charge in [-0.05, 0) is 30.2 Å². The van der Waals surface area contributed by atoms with Crippen LogP contribution < -0.4 is 33.7 Å². The summed E-state index contributed by atoms with van der Waals surface area (Å²) in [6, 6.07) is 16.8. The number of ether oxygens (including phenoxy) is 6. The van der Waals surface area contributed by atoms with Gasteiger partial charge in [-0.3, -0.25) is 4.79 Å². The number of amides is 1.